The van der Waals surface area contributed by atoms with Gasteiger partial charge >= 0.3 is 0 Å². The number of phenols is 1. The molecule has 2 amide bonds. The number of aromatic hydroxyl groups is 1. The minimum atomic E-state index is -0.268. The fourth-order valence-corrected chi connectivity index (χ4v) is 2.81. The summed E-state index contributed by atoms with van der Waals surface area (Å²) in [6.07, 6.45) is 5.08. The van der Waals surface area contributed by atoms with E-state index in [1.165, 1.54) is 17.0 Å². The second-order valence-electron chi connectivity index (χ2n) is 4.80. The number of benzene rings is 1. The molecule has 1 aliphatic carbocycles. The average molecular weight is 278 g/mol. The van der Waals surface area contributed by atoms with Crippen molar-refractivity contribution < 1.29 is 14.7 Å². The van der Waals surface area contributed by atoms with E-state index in [1.807, 2.05) is 12.2 Å². The lowest BCUT2D eigenvalue weighted by molar-refractivity contribution is -0.122. The van der Waals surface area contributed by atoms with E-state index in [9.17, 15) is 14.7 Å². The van der Waals surface area contributed by atoms with E-state index >= 15 is 0 Å². The van der Waals surface area contributed by atoms with Gasteiger partial charge in [0, 0.05) is 6.07 Å². The monoisotopic (exact) mass is 277 g/mol. The van der Waals surface area contributed by atoms with Crippen LogP contribution >= 0.6 is 11.6 Å². The minimum absolute atomic E-state index is 0.132. The number of phenolic OH excluding ortho intramolecular Hbond substituents is 1. The van der Waals surface area contributed by atoms with E-state index in [2.05, 4.69) is 0 Å². The SMILES string of the molecule is O=C1C2CC=CCC2C(=O)N1c1ccc(Cl)c(O)c1. The molecule has 1 saturated heterocycles. The van der Waals surface area contributed by atoms with Crippen molar-refractivity contribution in [2.75, 3.05) is 4.90 Å². The van der Waals surface area contributed by atoms with Gasteiger partial charge in [0.15, 0.2) is 0 Å². The number of hydrogen-bond acceptors (Lipinski definition) is 3. The molecule has 0 spiro atoms. The summed E-state index contributed by atoms with van der Waals surface area (Å²) < 4.78 is 0. The highest BCUT2D eigenvalue weighted by Crippen LogP contribution is 2.39. The van der Waals surface area contributed by atoms with Crippen LogP contribution in [0, 0.1) is 11.8 Å². The van der Waals surface area contributed by atoms with Crippen molar-refractivity contribution in [2.45, 2.75) is 12.8 Å². The maximum Gasteiger partial charge on any atom is 0.238 e. The molecule has 1 N–H and O–H groups in total. The number of imide groups is 1. The summed E-state index contributed by atoms with van der Waals surface area (Å²) in [5.41, 5.74) is 0.381. The van der Waals surface area contributed by atoms with Crippen LogP contribution in [-0.2, 0) is 9.59 Å². The van der Waals surface area contributed by atoms with Gasteiger partial charge in [0.05, 0.1) is 22.5 Å². The smallest absolute Gasteiger partial charge is 0.238 e. The molecule has 0 bridgehead atoms. The topological polar surface area (TPSA) is 57.6 Å². The highest BCUT2D eigenvalue weighted by molar-refractivity contribution is 6.32. The molecule has 4 nitrogen and oxygen atoms in total. The third-order valence-electron chi connectivity index (χ3n) is 3.70. The van der Waals surface area contributed by atoms with Crippen LogP contribution in [0.5, 0.6) is 5.75 Å². The van der Waals surface area contributed by atoms with Gasteiger partial charge in [-0.2, -0.15) is 0 Å². The maximum absolute atomic E-state index is 12.3. The van der Waals surface area contributed by atoms with Crippen molar-refractivity contribution in [3.8, 4) is 5.75 Å². The third-order valence-corrected chi connectivity index (χ3v) is 4.02. The first kappa shape index (κ1) is 12.2. The van der Waals surface area contributed by atoms with Crippen LogP contribution < -0.4 is 4.90 Å². The van der Waals surface area contributed by atoms with Gasteiger partial charge < -0.3 is 5.11 Å². The van der Waals surface area contributed by atoms with Crippen molar-refractivity contribution in [1.29, 1.82) is 0 Å². The molecular formula is C14H12ClNO3. The molecule has 1 aromatic carbocycles. The summed E-state index contributed by atoms with van der Waals surface area (Å²) in [6.45, 7) is 0. The Hall–Kier alpha value is -1.81. The number of halogens is 1. The first-order valence-electron chi connectivity index (χ1n) is 6.11. The Morgan fingerprint density at radius 1 is 1.11 bits per heavy atom. The molecule has 3 rings (SSSR count). The van der Waals surface area contributed by atoms with Crippen molar-refractivity contribution in [1.82, 2.24) is 0 Å². The van der Waals surface area contributed by atoms with Gasteiger partial charge in [-0.25, -0.2) is 4.90 Å². The number of carbonyl (C=O) groups is 2. The van der Waals surface area contributed by atoms with Gasteiger partial charge in [0.2, 0.25) is 11.8 Å². The molecule has 2 atom stereocenters. The van der Waals surface area contributed by atoms with E-state index in [-0.39, 0.29) is 34.4 Å². The van der Waals surface area contributed by atoms with Crippen LogP contribution in [0.2, 0.25) is 5.02 Å². The van der Waals surface area contributed by atoms with Crippen LogP contribution in [0.3, 0.4) is 0 Å². The normalized spacial score (nSPS) is 25.8. The number of allylic oxidation sites excluding steroid dienone is 2. The predicted octanol–water partition coefficient (Wildman–Crippen LogP) is 2.50. The third kappa shape index (κ3) is 1.83. The largest absolute Gasteiger partial charge is 0.506 e. The van der Waals surface area contributed by atoms with Crippen LogP contribution in [0.15, 0.2) is 30.4 Å². The first-order valence-corrected chi connectivity index (χ1v) is 6.48. The van der Waals surface area contributed by atoms with Crippen molar-refractivity contribution in [3.05, 3.63) is 35.4 Å². The van der Waals surface area contributed by atoms with Crippen molar-refractivity contribution in [3.63, 3.8) is 0 Å². The Kier molecular flexibility index (Phi) is 2.82. The summed E-state index contributed by atoms with van der Waals surface area (Å²) in [7, 11) is 0. The Balaban J connectivity index is 1.99. The summed E-state index contributed by atoms with van der Waals surface area (Å²) >= 11 is 5.73. The average Bonchev–Trinajstić information content (AvgIpc) is 2.66. The molecule has 2 unspecified atom stereocenters. The highest BCUT2D eigenvalue weighted by atomic mass is 35.5. The Labute approximate surface area is 115 Å². The fraction of sp³-hybridized carbons (Fsp3) is 0.286. The van der Waals surface area contributed by atoms with E-state index in [1.54, 1.807) is 6.07 Å². The quantitative estimate of drug-likeness (QED) is 0.634. The maximum atomic E-state index is 12.3. The Morgan fingerprint density at radius 3 is 2.21 bits per heavy atom. The summed E-state index contributed by atoms with van der Waals surface area (Å²) in [5, 5.41) is 9.79. The molecule has 1 aliphatic heterocycles. The Bertz CT molecular complexity index is 570. The molecule has 5 heteroatoms. The number of carbonyl (C=O) groups excluding carboxylic acids is 2. The van der Waals surface area contributed by atoms with Gasteiger partial charge in [-0.1, -0.05) is 23.8 Å². The fourth-order valence-electron chi connectivity index (χ4n) is 2.69. The van der Waals surface area contributed by atoms with E-state index < -0.39 is 0 Å². The lowest BCUT2D eigenvalue weighted by Crippen LogP contribution is -2.30. The van der Waals surface area contributed by atoms with E-state index in [0.717, 1.165) is 0 Å². The van der Waals surface area contributed by atoms with E-state index in [4.69, 9.17) is 11.6 Å². The molecule has 0 radical (unpaired) electrons. The summed E-state index contributed by atoms with van der Waals surface area (Å²) in [6, 6.07) is 4.40. The number of nitrogens with zero attached hydrogens (tertiary/aromatic N) is 1. The van der Waals surface area contributed by atoms with E-state index in [0.29, 0.717) is 18.5 Å². The zero-order chi connectivity index (χ0) is 13.6. The number of rotatable bonds is 1. The predicted molar refractivity (Wildman–Crippen MR) is 71.0 cm³/mol. The Morgan fingerprint density at radius 2 is 1.68 bits per heavy atom. The van der Waals surface area contributed by atoms with Gasteiger partial charge in [-0.05, 0) is 25.0 Å². The van der Waals surface area contributed by atoms with Crippen molar-refractivity contribution in [2.24, 2.45) is 11.8 Å². The van der Waals surface area contributed by atoms with Crippen LogP contribution in [0.1, 0.15) is 12.8 Å². The lowest BCUT2D eigenvalue weighted by atomic mass is 9.85. The molecule has 2 aliphatic rings. The van der Waals surface area contributed by atoms with Crippen LogP contribution in [0.25, 0.3) is 0 Å². The molecule has 1 aromatic rings. The number of anilines is 1. The molecule has 1 heterocycles. The zero-order valence-corrected chi connectivity index (χ0v) is 10.8. The lowest BCUT2D eigenvalue weighted by Gasteiger charge is -2.15. The first-order chi connectivity index (χ1) is 9.09. The molecule has 0 saturated carbocycles. The van der Waals surface area contributed by atoms with Gasteiger partial charge in [-0.15, -0.1) is 0 Å². The molecular weight excluding hydrogens is 266 g/mol. The minimum Gasteiger partial charge on any atom is -0.506 e. The second-order valence-corrected chi connectivity index (χ2v) is 5.21. The molecule has 98 valence electrons. The second kappa shape index (κ2) is 4.38. The molecule has 19 heavy (non-hydrogen) atoms. The van der Waals surface area contributed by atoms with Crippen LogP contribution in [-0.4, -0.2) is 16.9 Å². The number of fused-ring (bicyclic) bond motifs is 1. The number of amides is 2. The van der Waals surface area contributed by atoms with Gasteiger partial charge in [-0.3, -0.25) is 9.59 Å². The number of hydrogen-bond donors (Lipinski definition) is 1. The van der Waals surface area contributed by atoms with Crippen molar-refractivity contribution >= 4 is 29.1 Å². The summed E-state index contributed by atoms with van der Waals surface area (Å²) in [5.74, 6) is -1.06. The molecule has 0 aromatic heterocycles. The molecule has 1 fully saturated rings. The highest BCUT2D eigenvalue weighted by Gasteiger charge is 2.47. The van der Waals surface area contributed by atoms with Crippen LogP contribution in [0.4, 0.5) is 5.69 Å². The standard InChI is InChI=1S/C14H12ClNO3/c15-11-6-5-8(7-12(11)17)16-13(18)9-3-1-2-4-10(9)14(16)19/h1-2,5-7,9-10,17H,3-4H2. The van der Waals surface area contributed by atoms with Gasteiger partial charge in [0.25, 0.3) is 0 Å². The zero-order valence-electron chi connectivity index (χ0n) is 10.0. The summed E-state index contributed by atoms with van der Waals surface area (Å²) in [4.78, 5) is 25.8. The van der Waals surface area contributed by atoms with Gasteiger partial charge in [0.1, 0.15) is 5.75 Å².